The maximum atomic E-state index is 5.86. The predicted octanol–water partition coefficient (Wildman–Crippen LogP) is 3.24. The van der Waals surface area contributed by atoms with Crippen LogP contribution in [0.5, 0.6) is 0 Å². The number of nitrogens with two attached hydrogens (primary N) is 1. The van der Waals surface area contributed by atoms with Crippen LogP contribution in [0.2, 0.25) is 0 Å². The number of benzene rings is 1. The molecule has 1 fully saturated rings. The van der Waals surface area contributed by atoms with Crippen LogP contribution < -0.4 is 10.6 Å². The number of halogens is 1. The van der Waals surface area contributed by atoms with Crippen LogP contribution in [0.15, 0.2) is 22.7 Å². The lowest BCUT2D eigenvalue weighted by Gasteiger charge is -2.39. The molecule has 1 aromatic rings. The molecule has 0 spiro atoms. The standard InChI is InChI=1S/C13H19BrN2S/c1-13(2)9-16(6-7-17-13)12-5-3-4-11(14)10(12)8-15/h3-5H,6-9,15H2,1-2H3. The van der Waals surface area contributed by atoms with Gasteiger partial charge < -0.3 is 10.6 Å². The third-order valence-corrected chi connectivity index (χ3v) is 5.10. The van der Waals surface area contributed by atoms with E-state index >= 15 is 0 Å². The van der Waals surface area contributed by atoms with Crippen LogP contribution in [0.1, 0.15) is 19.4 Å². The van der Waals surface area contributed by atoms with Crippen LogP contribution in [0.25, 0.3) is 0 Å². The van der Waals surface area contributed by atoms with Gasteiger partial charge in [0.25, 0.3) is 0 Å². The van der Waals surface area contributed by atoms with Crippen molar-refractivity contribution in [2.75, 3.05) is 23.7 Å². The van der Waals surface area contributed by atoms with Crippen molar-refractivity contribution >= 4 is 33.4 Å². The van der Waals surface area contributed by atoms with Crippen LogP contribution >= 0.6 is 27.7 Å². The summed E-state index contributed by atoms with van der Waals surface area (Å²) in [6.07, 6.45) is 0. The van der Waals surface area contributed by atoms with Gasteiger partial charge >= 0.3 is 0 Å². The van der Waals surface area contributed by atoms with Crippen molar-refractivity contribution < 1.29 is 0 Å². The van der Waals surface area contributed by atoms with Gasteiger partial charge in [-0.1, -0.05) is 22.0 Å². The second-order valence-corrected chi connectivity index (χ2v) is 7.63. The number of hydrogen-bond donors (Lipinski definition) is 1. The second-order valence-electron chi connectivity index (χ2n) is 4.97. The number of anilines is 1. The zero-order chi connectivity index (χ0) is 12.5. The summed E-state index contributed by atoms with van der Waals surface area (Å²) in [6.45, 7) is 7.40. The van der Waals surface area contributed by atoms with Gasteiger partial charge in [-0.05, 0) is 26.0 Å². The molecule has 0 atom stereocenters. The average Bonchev–Trinajstić information content (AvgIpc) is 2.27. The van der Waals surface area contributed by atoms with Crippen molar-refractivity contribution in [1.82, 2.24) is 0 Å². The van der Waals surface area contributed by atoms with E-state index < -0.39 is 0 Å². The van der Waals surface area contributed by atoms with E-state index in [0.717, 1.165) is 17.6 Å². The second kappa shape index (κ2) is 5.21. The monoisotopic (exact) mass is 314 g/mol. The summed E-state index contributed by atoms with van der Waals surface area (Å²) in [6, 6.07) is 6.34. The Bertz CT molecular complexity index is 406. The van der Waals surface area contributed by atoms with E-state index in [1.807, 2.05) is 0 Å². The van der Waals surface area contributed by atoms with E-state index in [4.69, 9.17) is 5.73 Å². The molecular weight excluding hydrogens is 296 g/mol. The van der Waals surface area contributed by atoms with Gasteiger partial charge in [0.05, 0.1) is 0 Å². The topological polar surface area (TPSA) is 29.3 Å². The van der Waals surface area contributed by atoms with Crippen molar-refractivity contribution in [2.45, 2.75) is 25.1 Å². The third kappa shape index (κ3) is 2.98. The Kier molecular flexibility index (Phi) is 4.06. The zero-order valence-electron chi connectivity index (χ0n) is 10.4. The van der Waals surface area contributed by atoms with E-state index in [1.165, 1.54) is 17.0 Å². The Labute approximate surface area is 116 Å². The fourth-order valence-electron chi connectivity index (χ4n) is 2.27. The van der Waals surface area contributed by atoms with Gasteiger partial charge in [0.1, 0.15) is 0 Å². The molecule has 4 heteroatoms. The minimum absolute atomic E-state index is 0.326. The quantitative estimate of drug-likeness (QED) is 0.908. The van der Waals surface area contributed by atoms with E-state index in [2.05, 4.69) is 64.6 Å². The minimum atomic E-state index is 0.326. The SMILES string of the molecule is CC1(C)CN(c2cccc(Br)c2CN)CCS1. The van der Waals surface area contributed by atoms with Crippen LogP contribution in [0.4, 0.5) is 5.69 Å². The van der Waals surface area contributed by atoms with Crippen LogP contribution in [-0.2, 0) is 6.54 Å². The first kappa shape index (κ1) is 13.2. The normalized spacial score (nSPS) is 19.4. The van der Waals surface area contributed by atoms with Crippen LogP contribution in [0.3, 0.4) is 0 Å². The molecule has 0 aliphatic carbocycles. The number of nitrogens with zero attached hydrogens (tertiary/aromatic N) is 1. The van der Waals surface area contributed by atoms with Crippen molar-refractivity contribution in [1.29, 1.82) is 0 Å². The van der Waals surface area contributed by atoms with Crippen LogP contribution in [0, 0.1) is 0 Å². The third-order valence-electron chi connectivity index (χ3n) is 3.06. The van der Waals surface area contributed by atoms with Crippen molar-refractivity contribution in [3.8, 4) is 0 Å². The highest BCUT2D eigenvalue weighted by atomic mass is 79.9. The molecule has 0 aromatic heterocycles. The van der Waals surface area contributed by atoms with Gasteiger partial charge in [-0.2, -0.15) is 11.8 Å². The molecule has 0 amide bonds. The van der Waals surface area contributed by atoms with Gasteiger partial charge in [0, 0.05) is 45.9 Å². The smallest absolute Gasteiger partial charge is 0.0423 e. The highest BCUT2D eigenvalue weighted by molar-refractivity contribution is 9.10. The summed E-state index contributed by atoms with van der Waals surface area (Å²) in [5.41, 5.74) is 8.37. The average molecular weight is 315 g/mol. The van der Waals surface area contributed by atoms with Gasteiger partial charge in [-0.25, -0.2) is 0 Å². The molecule has 1 aliphatic rings. The Morgan fingerprint density at radius 2 is 2.24 bits per heavy atom. The minimum Gasteiger partial charge on any atom is -0.369 e. The first-order valence-corrected chi connectivity index (χ1v) is 7.68. The molecule has 2 nitrogen and oxygen atoms in total. The molecule has 0 radical (unpaired) electrons. The zero-order valence-corrected chi connectivity index (χ0v) is 12.8. The molecule has 1 aromatic carbocycles. The summed E-state index contributed by atoms with van der Waals surface area (Å²) in [7, 11) is 0. The molecule has 1 heterocycles. The lowest BCUT2D eigenvalue weighted by molar-refractivity contribution is 0.645. The summed E-state index contributed by atoms with van der Waals surface area (Å²) in [5.74, 6) is 1.18. The number of hydrogen-bond acceptors (Lipinski definition) is 3. The highest BCUT2D eigenvalue weighted by Crippen LogP contribution is 2.35. The van der Waals surface area contributed by atoms with Crippen molar-refractivity contribution in [2.24, 2.45) is 5.73 Å². The molecular formula is C13H19BrN2S. The summed E-state index contributed by atoms with van der Waals surface area (Å²) in [4.78, 5) is 2.46. The Hall–Kier alpha value is -0.190. The Morgan fingerprint density at radius 3 is 2.88 bits per heavy atom. The summed E-state index contributed by atoms with van der Waals surface area (Å²) >= 11 is 5.64. The number of rotatable bonds is 2. The number of thioether (sulfide) groups is 1. The fourth-order valence-corrected chi connectivity index (χ4v) is 3.90. The maximum Gasteiger partial charge on any atom is 0.0423 e. The van der Waals surface area contributed by atoms with Gasteiger partial charge in [0.15, 0.2) is 0 Å². The largest absolute Gasteiger partial charge is 0.369 e. The molecule has 0 unspecified atom stereocenters. The van der Waals surface area contributed by atoms with Crippen molar-refractivity contribution in [3.63, 3.8) is 0 Å². The lowest BCUT2D eigenvalue weighted by atomic mass is 10.1. The molecule has 1 aliphatic heterocycles. The Morgan fingerprint density at radius 1 is 1.47 bits per heavy atom. The molecule has 94 valence electrons. The molecule has 2 rings (SSSR count). The van der Waals surface area contributed by atoms with E-state index in [0.29, 0.717) is 11.3 Å². The van der Waals surface area contributed by atoms with Gasteiger partial charge in [-0.3, -0.25) is 0 Å². The van der Waals surface area contributed by atoms with E-state index in [1.54, 1.807) is 0 Å². The van der Waals surface area contributed by atoms with Gasteiger partial charge in [-0.15, -0.1) is 0 Å². The lowest BCUT2D eigenvalue weighted by Crippen LogP contribution is -2.43. The molecule has 2 N–H and O–H groups in total. The van der Waals surface area contributed by atoms with E-state index in [-0.39, 0.29) is 0 Å². The fraction of sp³-hybridized carbons (Fsp3) is 0.538. The van der Waals surface area contributed by atoms with E-state index in [9.17, 15) is 0 Å². The molecule has 0 saturated carbocycles. The maximum absolute atomic E-state index is 5.86. The van der Waals surface area contributed by atoms with Crippen molar-refractivity contribution in [3.05, 3.63) is 28.2 Å². The first-order valence-electron chi connectivity index (χ1n) is 5.90. The summed E-state index contributed by atoms with van der Waals surface area (Å²) in [5, 5.41) is 0. The van der Waals surface area contributed by atoms with Gasteiger partial charge in [0.2, 0.25) is 0 Å². The molecule has 17 heavy (non-hydrogen) atoms. The first-order chi connectivity index (χ1) is 8.03. The molecule has 1 saturated heterocycles. The molecule has 0 bridgehead atoms. The Balaban J connectivity index is 2.30. The highest BCUT2D eigenvalue weighted by Gasteiger charge is 2.28. The summed E-state index contributed by atoms with van der Waals surface area (Å²) < 4.78 is 1.44. The predicted molar refractivity (Wildman–Crippen MR) is 80.8 cm³/mol. The van der Waals surface area contributed by atoms with Crippen LogP contribution in [-0.4, -0.2) is 23.6 Å².